The molecule has 2 N–H and O–H groups in total. The Bertz CT molecular complexity index is 1350. The molecule has 166 valence electrons. The second-order valence-electron chi connectivity index (χ2n) is 8.56. The molecule has 0 spiro atoms. The van der Waals surface area contributed by atoms with Crippen LogP contribution in [0.4, 0.5) is 0 Å². The van der Waals surface area contributed by atoms with Gasteiger partial charge in [0, 0.05) is 28.6 Å². The minimum atomic E-state index is -1.84. The van der Waals surface area contributed by atoms with Crippen LogP contribution in [0.2, 0.25) is 0 Å². The van der Waals surface area contributed by atoms with E-state index in [1.807, 2.05) is 13.1 Å². The lowest BCUT2D eigenvalue weighted by Crippen LogP contribution is -2.44. The molecule has 1 atom stereocenters. The van der Waals surface area contributed by atoms with Gasteiger partial charge in [-0.1, -0.05) is 13.8 Å². The van der Waals surface area contributed by atoms with E-state index < -0.39 is 11.6 Å². The maximum absolute atomic E-state index is 13.3. The topological polar surface area (TPSA) is 105 Å². The summed E-state index contributed by atoms with van der Waals surface area (Å²) in [5, 5.41) is 22.3. The molecule has 3 aromatic rings. The Morgan fingerprint density at radius 3 is 2.75 bits per heavy atom. The monoisotopic (exact) mass is 435 g/mol. The number of hydrogen-bond donors (Lipinski definition) is 2. The fourth-order valence-corrected chi connectivity index (χ4v) is 4.65. The van der Waals surface area contributed by atoms with Crippen molar-refractivity contribution in [1.82, 2.24) is 14.5 Å². The number of aromatic nitrogens is 2. The lowest BCUT2D eigenvalue weighted by molar-refractivity contribution is -0.172. The number of esters is 1. The van der Waals surface area contributed by atoms with Gasteiger partial charge in [0.05, 0.1) is 29.0 Å². The first-order valence-corrected chi connectivity index (χ1v) is 10.8. The molecule has 0 unspecified atom stereocenters. The van der Waals surface area contributed by atoms with Crippen molar-refractivity contribution in [2.75, 3.05) is 13.6 Å². The molecule has 8 nitrogen and oxygen atoms in total. The van der Waals surface area contributed by atoms with Crippen LogP contribution in [-0.2, 0) is 34.8 Å². The van der Waals surface area contributed by atoms with Crippen LogP contribution in [-0.4, -0.2) is 44.2 Å². The molecule has 32 heavy (non-hydrogen) atoms. The van der Waals surface area contributed by atoms with Gasteiger partial charge >= 0.3 is 5.97 Å². The molecule has 0 aliphatic carbocycles. The zero-order chi connectivity index (χ0) is 22.8. The summed E-state index contributed by atoms with van der Waals surface area (Å²) in [5.41, 5.74) is 2.07. The van der Waals surface area contributed by atoms with E-state index in [2.05, 4.69) is 11.8 Å². The first-order valence-electron chi connectivity index (χ1n) is 10.8. The third kappa shape index (κ3) is 2.79. The highest BCUT2D eigenvalue weighted by Crippen LogP contribution is 2.39. The molecule has 4 heterocycles. The van der Waals surface area contributed by atoms with Crippen molar-refractivity contribution in [3.63, 3.8) is 0 Å². The number of aliphatic hydroxyl groups is 1. The first-order chi connectivity index (χ1) is 15.3. The van der Waals surface area contributed by atoms with Crippen LogP contribution in [0.1, 0.15) is 42.5 Å². The summed E-state index contributed by atoms with van der Waals surface area (Å²) in [6, 6.07) is 7.09. The summed E-state index contributed by atoms with van der Waals surface area (Å²) in [7, 11) is 1.98. The molecule has 5 rings (SSSR count). The van der Waals surface area contributed by atoms with Gasteiger partial charge in [-0.3, -0.25) is 4.79 Å². The molecule has 0 saturated heterocycles. The van der Waals surface area contributed by atoms with Gasteiger partial charge in [0.15, 0.2) is 5.60 Å². The van der Waals surface area contributed by atoms with E-state index in [9.17, 15) is 19.8 Å². The number of carbonyl (C=O) groups is 1. The highest BCUT2D eigenvalue weighted by atomic mass is 16.6. The maximum atomic E-state index is 13.3. The number of carbonyl (C=O) groups excluding carboxylic acids is 1. The average Bonchev–Trinajstić information content (AvgIpc) is 3.15. The Morgan fingerprint density at radius 1 is 1.25 bits per heavy atom. The number of phenols is 1. The third-order valence-corrected chi connectivity index (χ3v) is 6.75. The van der Waals surface area contributed by atoms with Crippen molar-refractivity contribution in [3.8, 4) is 17.1 Å². The van der Waals surface area contributed by atoms with Crippen LogP contribution in [0, 0.1) is 0 Å². The minimum Gasteiger partial charge on any atom is -0.508 e. The van der Waals surface area contributed by atoms with Crippen LogP contribution in [0.5, 0.6) is 5.75 Å². The van der Waals surface area contributed by atoms with Crippen LogP contribution in [0.15, 0.2) is 29.1 Å². The van der Waals surface area contributed by atoms with E-state index in [0.29, 0.717) is 41.1 Å². The molecule has 0 saturated carbocycles. The molecule has 2 aliphatic rings. The zero-order valence-corrected chi connectivity index (χ0v) is 18.3. The van der Waals surface area contributed by atoms with E-state index in [1.165, 1.54) is 0 Å². The Morgan fingerprint density at radius 2 is 2.03 bits per heavy atom. The summed E-state index contributed by atoms with van der Waals surface area (Å²) in [6.07, 6.45) is 0.104. The Labute approximate surface area is 184 Å². The highest BCUT2D eigenvalue weighted by molar-refractivity contribution is 5.89. The van der Waals surface area contributed by atoms with E-state index in [4.69, 9.17) is 9.72 Å². The zero-order valence-electron chi connectivity index (χ0n) is 18.3. The van der Waals surface area contributed by atoms with Gasteiger partial charge in [0.2, 0.25) is 0 Å². The molecular formula is C24H25N3O5. The second-order valence-corrected chi connectivity index (χ2v) is 8.56. The largest absolute Gasteiger partial charge is 0.508 e. The van der Waals surface area contributed by atoms with Gasteiger partial charge < -0.3 is 24.4 Å². The van der Waals surface area contributed by atoms with E-state index in [1.54, 1.807) is 29.7 Å². The number of cyclic esters (lactones) is 1. The van der Waals surface area contributed by atoms with Gasteiger partial charge in [0.1, 0.15) is 12.4 Å². The Hall–Kier alpha value is -3.23. The number of fused-ring (bicyclic) bond motifs is 5. The molecule has 0 radical (unpaired) electrons. The quantitative estimate of drug-likeness (QED) is 0.474. The van der Waals surface area contributed by atoms with Crippen molar-refractivity contribution >= 4 is 16.9 Å². The molecule has 8 heteroatoms. The van der Waals surface area contributed by atoms with Crippen LogP contribution >= 0.6 is 0 Å². The standard InChI is InChI=1S/C24H25N3O5/c1-4-24(31)17-9-19-21-13(10-27(19)22(29)16(17)12-32-23(24)30)8-14-15(11-26(3)5-2)20(28)7-6-18(14)25-21/h6-9,28,31H,4-5,10-12H2,1-3H3/t24-/m0/s1. The van der Waals surface area contributed by atoms with Gasteiger partial charge in [-0.05, 0) is 44.3 Å². The summed E-state index contributed by atoms with van der Waals surface area (Å²) in [6.45, 7) is 5.32. The van der Waals surface area contributed by atoms with E-state index >= 15 is 0 Å². The first kappa shape index (κ1) is 20.7. The van der Waals surface area contributed by atoms with Crippen molar-refractivity contribution in [1.29, 1.82) is 0 Å². The number of aromatic hydroxyl groups is 1. The van der Waals surface area contributed by atoms with Crippen LogP contribution < -0.4 is 5.56 Å². The third-order valence-electron chi connectivity index (χ3n) is 6.75. The molecule has 2 aliphatic heterocycles. The van der Waals surface area contributed by atoms with Gasteiger partial charge in [-0.2, -0.15) is 0 Å². The molecule has 2 aromatic heterocycles. The molecular weight excluding hydrogens is 410 g/mol. The van der Waals surface area contributed by atoms with Crippen molar-refractivity contribution in [2.24, 2.45) is 0 Å². The van der Waals surface area contributed by atoms with Crippen molar-refractivity contribution in [2.45, 2.75) is 45.6 Å². The van der Waals surface area contributed by atoms with Gasteiger partial charge in [0.25, 0.3) is 5.56 Å². The minimum absolute atomic E-state index is 0.104. The molecule has 0 amide bonds. The van der Waals surface area contributed by atoms with Crippen molar-refractivity contribution < 1.29 is 19.7 Å². The smallest absolute Gasteiger partial charge is 0.343 e. The van der Waals surface area contributed by atoms with Crippen LogP contribution in [0.3, 0.4) is 0 Å². The Balaban J connectivity index is 1.72. The summed E-state index contributed by atoms with van der Waals surface area (Å²) in [4.78, 5) is 32.5. The number of rotatable bonds is 4. The molecule has 1 aromatic carbocycles. The molecule has 0 fully saturated rings. The fourth-order valence-electron chi connectivity index (χ4n) is 4.65. The maximum Gasteiger partial charge on any atom is 0.343 e. The number of hydrogen-bond acceptors (Lipinski definition) is 7. The van der Waals surface area contributed by atoms with Gasteiger partial charge in [-0.15, -0.1) is 0 Å². The predicted molar refractivity (Wildman–Crippen MR) is 118 cm³/mol. The number of ether oxygens (including phenoxy) is 1. The van der Waals surface area contributed by atoms with Crippen molar-refractivity contribution in [3.05, 3.63) is 56.9 Å². The summed E-state index contributed by atoms with van der Waals surface area (Å²) in [5.74, 6) is -0.520. The lowest BCUT2D eigenvalue weighted by atomic mass is 9.86. The normalized spacial score (nSPS) is 19.1. The number of phenolic OH excluding ortho intramolecular Hbond substituents is 1. The Kier molecular flexibility index (Phi) is 4.61. The SMILES string of the molecule is CCN(C)Cc1c(O)ccc2nc3c(cc12)Cn1c-3cc2c(c1=O)COC(=O)[C@]2(O)CC. The van der Waals surface area contributed by atoms with E-state index in [0.717, 1.165) is 23.1 Å². The van der Waals surface area contributed by atoms with Gasteiger partial charge in [-0.25, -0.2) is 9.78 Å². The lowest BCUT2D eigenvalue weighted by Gasteiger charge is -2.31. The number of nitrogens with zero attached hydrogens (tertiary/aromatic N) is 3. The predicted octanol–water partition coefficient (Wildman–Crippen LogP) is 2.24. The van der Waals surface area contributed by atoms with E-state index in [-0.39, 0.29) is 24.3 Å². The van der Waals surface area contributed by atoms with Crippen LogP contribution in [0.25, 0.3) is 22.3 Å². The molecule has 0 bridgehead atoms. The second kappa shape index (κ2) is 7.15. The summed E-state index contributed by atoms with van der Waals surface area (Å²) >= 11 is 0. The fraction of sp³-hybridized carbons (Fsp3) is 0.375. The number of pyridine rings is 2. The highest BCUT2D eigenvalue weighted by Gasteiger charge is 2.45. The average molecular weight is 435 g/mol. The number of benzene rings is 1. The summed E-state index contributed by atoms with van der Waals surface area (Å²) < 4.78 is 6.73.